The van der Waals surface area contributed by atoms with Crippen LogP contribution in [-0.4, -0.2) is 14.8 Å². The van der Waals surface area contributed by atoms with Crippen molar-refractivity contribution in [3.05, 3.63) is 127 Å². The predicted octanol–water partition coefficient (Wildman–Crippen LogP) is 8.64. The van der Waals surface area contributed by atoms with E-state index in [1.807, 2.05) is 35.6 Å². The Morgan fingerprint density at radius 2 is 1.08 bits per heavy atom. The lowest BCUT2D eigenvalue weighted by molar-refractivity contribution is 1.07. The van der Waals surface area contributed by atoms with Gasteiger partial charge in [0.25, 0.3) is 0 Å². The monoisotopic (exact) mass is 479 g/mol. The third-order valence-corrected chi connectivity index (χ3v) is 7.79. The first-order valence-electron chi connectivity index (χ1n) is 11.9. The van der Waals surface area contributed by atoms with Gasteiger partial charge in [0.2, 0.25) is 0 Å². The van der Waals surface area contributed by atoms with Crippen molar-refractivity contribution >= 4 is 31.5 Å². The molecular formula is C32H21N3S. The van der Waals surface area contributed by atoms with Crippen molar-refractivity contribution in [1.29, 1.82) is 0 Å². The molecule has 36 heavy (non-hydrogen) atoms. The van der Waals surface area contributed by atoms with Crippen molar-refractivity contribution in [2.75, 3.05) is 0 Å². The number of nitrogens with zero attached hydrogens (tertiary/aromatic N) is 3. The van der Waals surface area contributed by atoms with Crippen molar-refractivity contribution in [2.24, 2.45) is 0 Å². The normalized spacial score (nSPS) is 11.3. The number of thiophene rings is 1. The minimum absolute atomic E-state index is 0.826. The Kier molecular flexibility index (Phi) is 4.97. The van der Waals surface area contributed by atoms with Gasteiger partial charge in [-0.05, 0) is 23.8 Å². The smallest absolute Gasteiger partial charge is 0.169 e. The van der Waals surface area contributed by atoms with Gasteiger partial charge in [0.15, 0.2) is 11.6 Å². The summed E-state index contributed by atoms with van der Waals surface area (Å²) in [6.07, 6.45) is 0. The molecule has 3 nitrogen and oxygen atoms in total. The molecule has 0 fully saturated rings. The number of hydrogen-bond donors (Lipinski definition) is 0. The Morgan fingerprint density at radius 3 is 1.92 bits per heavy atom. The van der Waals surface area contributed by atoms with Crippen LogP contribution in [0.3, 0.4) is 0 Å². The Labute approximate surface area is 212 Å². The van der Waals surface area contributed by atoms with E-state index in [-0.39, 0.29) is 0 Å². The van der Waals surface area contributed by atoms with E-state index >= 15 is 0 Å². The van der Waals surface area contributed by atoms with E-state index in [1.54, 1.807) is 0 Å². The molecular weight excluding hydrogens is 458 g/mol. The topological polar surface area (TPSA) is 30.7 Å². The first-order valence-corrected chi connectivity index (χ1v) is 12.8. The summed E-state index contributed by atoms with van der Waals surface area (Å²) in [6, 6.07) is 44.4. The second kappa shape index (κ2) is 8.59. The predicted molar refractivity (Wildman–Crippen MR) is 151 cm³/mol. The van der Waals surface area contributed by atoms with Crippen LogP contribution in [0.25, 0.3) is 59.8 Å². The second-order valence-electron chi connectivity index (χ2n) is 8.71. The van der Waals surface area contributed by atoms with Crippen LogP contribution in [0, 0.1) is 0 Å². The molecule has 0 N–H and O–H groups in total. The summed E-state index contributed by atoms with van der Waals surface area (Å²) < 4.78 is 4.76. The summed E-state index contributed by atoms with van der Waals surface area (Å²) in [6.45, 7) is 0. The highest BCUT2D eigenvalue weighted by atomic mass is 32.1. The number of benzene rings is 5. The molecule has 170 valence electrons. The van der Waals surface area contributed by atoms with Gasteiger partial charge in [-0.1, -0.05) is 109 Å². The highest BCUT2D eigenvalue weighted by molar-refractivity contribution is 7.26. The SMILES string of the molecule is c1ccc(-c2nnc(-c3ccccc3-c3cccc4c3sc3ccccc34)n2-c2ccccc2)cc1. The lowest BCUT2D eigenvalue weighted by Crippen LogP contribution is -2.01. The van der Waals surface area contributed by atoms with Gasteiger partial charge in [-0.2, -0.15) is 0 Å². The van der Waals surface area contributed by atoms with Crippen LogP contribution in [-0.2, 0) is 0 Å². The van der Waals surface area contributed by atoms with Crippen molar-refractivity contribution in [1.82, 2.24) is 14.8 Å². The minimum Gasteiger partial charge on any atom is -0.275 e. The molecule has 0 saturated carbocycles. The van der Waals surface area contributed by atoms with Crippen LogP contribution >= 0.6 is 11.3 Å². The molecule has 0 bridgehead atoms. The Balaban J connectivity index is 1.50. The number of para-hydroxylation sites is 1. The summed E-state index contributed by atoms with van der Waals surface area (Å²) in [5.41, 5.74) is 5.49. The lowest BCUT2D eigenvalue weighted by atomic mass is 9.97. The molecule has 0 radical (unpaired) electrons. The number of fused-ring (bicyclic) bond motifs is 3. The van der Waals surface area contributed by atoms with E-state index in [4.69, 9.17) is 5.10 Å². The number of aromatic nitrogens is 3. The average Bonchev–Trinajstić information content (AvgIpc) is 3.56. The number of hydrogen-bond acceptors (Lipinski definition) is 3. The molecule has 2 aromatic heterocycles. The fourth-order valence-electron chi connectivity index (χ4n) is 4.93. The highest BCUT2D eigenvalue weighted by Crippen LogP contribution is 2.43. The average molecular weight is 480 g/mol. The van der Waals surface area contributed by atoms with Gasteiger partial charge in [-0.25, -0.2) is 0 Å². The zero-order valence-corrected chi connectivity index (χ0v) is 20.2. The third-order valence-electron chi connectivity index (χ3n) is 6.57. The maximum absolute atomic E-state index is 4.76. The van der Waals surface area contributed by atoms with Gasteiger partial charge in [0.1, 0.15) is 0 Å². The Bertz CT molecular complexity index is 1830. The molecule has 0 amide bonds. The zero-order valence-electron chi connectivity index (χ0n) is 19.4. The molecule has 0 unspecified atom stereocenters. The summed E-state index contributed by atoms with van der Waals surface area (Å²) in [5, 5.41) is 12.0. The van der Waals surface area contributed by atoms with Gasteiger partial charge in [-0.15, -0.1) is 21.5 Å². The highest BCUT2D eigenvalue weighted by Gasteiger charge is 2.21. The molecule has 0 aliphatic carbocycles. The lowest BCUT2D eigenvalue weighted by Gasteiger charge is -2.14. The van der Waals surface area contributed by atoms with Gasteiger partial charge >= 0.3 is 0 Å². The molecule has 0 saturated heterocycles. The van der Waals surface area contributed by atoms with Crippen molar-refractivity contribution < 1.29 is 0 Å². The van der Waals surface area contributed by atoms with E-state index in [1.165, 1.54) is 25.7 Å². The van der Waals surface area contributed by atoms with Crippen LogP contribution in [0.5, 0.6) is 0 Å². The summed E-state index contributed by atoms with van der Waals surface area (Å²) in [7, 11) is 0. The van der Waals surface area contributed by atoms with E-state index in [9.17, 15) is 0 Å². The summed E-state index contributed by atoms with van der Waals surface area (Å²) >= 11 is 1.85. The van der Waals surface area contributed by atoms with Gasteiger partial charge in [0.05, 0.1) is 0 Å². The Morgan fingerprint density at radius 1 is 0.472 bits per heavy atom. The molecule has 4 heteroatoms. The fourth-order valence-corrected chi connectivity index (χ4v) is 6.16. The maximum Gasteiger partial charge on any atom is 0.169 e. The summed E-state index contributed by atoms with van der Waals surface area (Å²) in [5.74, 6) is 1.65. The van der Waals surface area contributed by atoms with Crippen molar-refractivity contribution in [2.45, 2.75) is 0 Å². The molecule has 7 rings (SSSR count). The van der Waals surface area contributed by atoms with Crippen LogP contribution < -0.4 is 0 Å². The van der Waals surface area contributed by atoms with Crippen LogP contribution in [0.2, 0.25) is 0 Å². The van der Waals surface area contributed by atoms with Gasteiger partial charge in [0, 0.05) is 42.6 Å². The quantitative estimate of drug-likeness (QED) is 0.253. The fraction of sp³-hybridized carbons (Fsp3) is 0. The Hall–Kier alpha value is -4.54. The standard InChI is InChI=1S/C32H21N3S/c1-3-12-22(13-4-1)31-33-34-32(35(31)23-14-5-2-6-15-23)28-18-8-7-16-24(28)26-19-11-20-27-25-17-9-10-21-29(25)36-30(26)27/h1-21H. The van der Waals surface area contributed by atoms with Crippen LogP contribution in [0.1, 0.15) is 0 Å². The van der Waals surface area contributed by atoms with E-state index < -0.39 is 0 Å². The first kappa shape index (κ1) is 20.8. The molecule has 7 aromatic rings. The van der Waals surface area contributed by atoms with Gasteiger partial charge < -0.3 is 0 Å². The van der Waals surface area contributed by atoms with E-state index in [0.29, 0.717) is 0 Å². The summed E-state index contributed by atoms with van der Waals surface area (Å²) in [4.78, 5) is 0. The zero-order chi connectivity index (χ0) is 23.9. The van der Waals surface area contributed by atoms with E-state index in [0.717, 1.165) is 34.0 Å². The van der Waals surface area contributed by atoms with Crippen LogP contribution in [0.15, 0.2) is 127 Å². The molecule has 0 aliphatic rings. The largest absolute Gasteiger partial charge is 0.275 e. The molecule has 0 aliphatic heterocycles. The minimum atomic E-state index is 0.826. The van der Waals surface area contributed by atoms with E-state index in [2.05, 4.69) is 113 Å². The number of rotatable bonds is 4. The molecule has 2 heterocycles. The molecule has 5 aromatic carbocycles. The molecule has 0 spiro atoms. The third kappa shape index (κ3) is 3.35. The van der Waals surface area contributed by atoms with Gasteiger partial charge in [-0.3, -0.25) is 4.57 Å². The second-order valence-corrected chi connectivity index (χ2v) is 9.76. The first-order chi connectivity index (χ1) is 17.9. The van der Waals surface area contributed by atoms with Crippen molar-refractivity contribution in [3.8, 4) is 39.6 Å². The van der Waals surface area contributed by atoms with Crippen molar-refractivity contribution in [3.63, 3.8) is 0 Å². The molecule has 0 atom stereocenters. The maximum atomic E-state index is 4.76. The van der Waals surface area contributed by atoms with Crippen LogP contribution in [0.4, 0.5) is 0 Å².